The number of aryl methyl sites for hydroxylation is 1. The number of ether oxygens (including phenoxy) is 1. The van der Waals surface area contributed by atoms with Crippen molar-refractivity contribution in [3.05, 3.63) is 45.1 Å². The Bertz CT molecular complexity index is 1280. The van der Waals surface area contributed by atoms with E-state index in [1.54, 1.807) is 18.7 Å². The number of H-pyrrole nitrogens is 1. The highest BCUT2D eigenvalue weighted by Crippen LogP contribution is 2.35. The fraction of sp³-hybridized carbons (Fsp3) is 0.409. The Morgan fingerprint density at radius 1 is 1.29 bits per heavy atom. The number of allylic oxidation sites excluding steroid dienone is 1. The number of methoxy groups -OCH3 is 1. The van der Waals surface area contributed by atoms with Crippen LogP contribution in [0.2, 0.25) is 0 Å². The Hall–Kier alpha value is -3.49. The number of nitrogens with one attached hydrogen (secondary N) is 1. The van der Waals surface area contributed by atoms with Crippen molar-refractivity contribution in [2.45, 2.75) is 46.1 Å². The number of aromatic nitrogens is 5. The van der Waals surface area contributed by atoms with Crippen molar-refractivity contribution < 1.29 is 4.74 Å². The topological polar surface area (TPSA) is 124 Å². The molecule has 0 spiro atoms. The van der Waals surface area contributed by atoms with Gasteiger partial charge in [0.2, 0.25) is 5.95 Å². The van der Waals surface area contributed by atoms with Gasteiger partial charge in [0.1, 0.15) is 17.0 Å². The highest BCUT2D eigenvalue weighted by atomic mass is 16.5. The van der Waals surface area contributed by atoms with Crippen LogP contribution in [0.15, 0.2) is 21.9 Å². The first-order chi connectivity index (χ1) is 14.7. The maximum atomic E-state index is 12.6. The maximum absolute atomic E-state index is 12.6. The SMILES string of the molecule is COc1cc(C2=CCN=CC2)c(C(C)(C)C)nc1Cn1nc(C)c2nc(N)[nH]c(=O)c21. The number of aliphatic imine (C=N–C) groups is 1. The lowest BCUT2D eigenvalue weighted by Crippen LogP contribution is -2.20. The van der Waals surface area contributed by atoms with Gasteiger partial charge in [-0.2, -0.15) is 5.10 Å². The largest absolute Gasteiger partial charge is 0.495 e. The van der Waals surface area contributed by atoms with Gasteiger partial charge in [-0.1, -0.05) is 26.8 Å². The molecule has 3 N–H and O–H groups in total. The van der Waals surface area contributed by atoms with Crippen molar-refractivity contribution in [2.75, 3.05) is 19.4 Å². The Balaban J connectivity index is 1.87. The number of nitrogen functional groups attached to an aromatic ring is 1. The van der Waals surface area contributed by atoms with Gasteiger partial charge in [-0.15, -0.1) is 0 Å². The van der Waals surface area contributed by atoms with Gasteiger partial charge in [-0.25, -0.2) is 4.98 Å². The number of nitrogens with zero attached hydrogens (tertiary/aromatic N) is 5. The molecule has 0 aromatic carbocycles. The fourth-order valence-corrected chi connectivity index (χ4v) is 3.85. The molecule has 3 aromatic rings. The van der Waals surface area contributed by atoms with E-state index in [0.717, 1.165) is 17.7 Å². The van der Waals surface area contributed by atoms with Gasteiger partial charge >= 0.3 is 0 Å². The van der Waals surface area contributed by atoms with E-state index in [4.69, 9.17) is 15.5 Å². The van der Waals surface area contributed by atoms with Crippen LogP contribution in [0.1, 0.15) is 49.8 Å². The summed E-state index contributed by atoms with van der Waals surface area (Å²) in [6, 6.07) is 2.03. The van der Waals surface area contributed by atoms with Crippen LogP contribution < -0.4 is 16.0 Å². The van der Waals surface area contributed by atoms with Crippen molar-refractivity contribution in [3.8, 4) is 5.75 Å². The molecule has 1 aliphatic rings. The molecule has 0 unspecified atom stereocenters. The Morgan fingerprint density at radius 2 is 2.06 bits per heavy atom. The van der Waals surface area contributed by atoms with Crippen molar-refractivity contribution >= 4 is 28.8 Å². The van der Waals surface area contributed by atoms with Crippen LogP contribution in [0.25, 0.3) is 16.6 Å². The van der Waals surface area contributed by atoms with Gasteiger partial charge in [0.05, 0.1) is 31.6 Å². The Kier molecular flexibility index (Phi) is 5.12. The van der Waals surface area contributed by atoms with Gasteiger partial charge in [-0.3, -0.25) is 24.4 Å². The second-order valence-corrected chi connectivity index (χ2v) is 8.66. The molecular weight excluding hydrogens is 394 g/mol. The van der Waals surface area contributed by atoms with Gasteiger partial charge in [0, 0.05) is 23.6 Å². The third kappa shape index (κ3) is 3.83. The lowest BCUT2D eigenvalue weighted by atomic mass is 9.84. The quantitative estimate of drug-likeness (QED) is 0.667. The summed E-state index contributed by atoms with van der Waals surface area (Å²) in [5, 5.41) is 4.52. The minimum Gasteiger partial charge on any atom is -0.495 e. The van der Waals surface area contributed by atoms with Crippen LogP contribution in [-0.4, -0.2) is 44.6 Å². The lowest BCUT2D eigenvalue weighted by Gasteiger charge is -2.25. The Morgan fingerprint density at radius 3 is 2.71 bits per heavy atom. The highest BCUT2D eigenvalue weighted by Gasteiger charge is 2.25. The van der Waals surface area contributed by atoms with Gasteiger partial charge < -0.3 is 10.5 Å². The highest BCUT2D eigenvalue weighted by molar-refractivity contribution is 5.83. The van der Waals surface area contributed by atoms with Crippen molar-refractivity contribution in [1.82, 2.24) is 24.7 Å². The van der Waals surface area contributed by atoms with Crippen molar-refractivity contribution in [1.29, 1.82) is 0 Å². The Labute approximate surface area is 180 Å². The summed E-state index contributed by atoms with van der Waals surface area (Å²) in [6.45, 7) is 9.15. The minimum atomic E-state index is -0.332. The summed E-state index contributed by atoms with van der Waals surface area (Å²) in [4.78, 5) is 28.7. The fourth-order valence-electron chi connectivity index (χ4n) is 3.85. The second-order valence-electron chi connectivity index (χ2n) is 8.66. The third-order valence-electron chi connectivity index (χ3n) is 5.31. The molecule has 162 valence electrons. The second kappa shape index (κ2) is 7.64. The zero-order valence-corrected chi connectivity index (χ0v) is 18.5. The predicted octanol–water partition coefficient (Wildman–Crippen LogP) is 2.62. The van der Waals surface area contributed by atoms with Gasteiger partial charge in [-0.05, 0) is 18.6 Å². The lowest BCUT2D eigenvalue weighted by molar-refractivity contribution is 0.402. The smallest absolute Gasteiger partial charge is 0.278 e. The zero-order valence-electron chi connectivity index (χ0n) is 18.5. The molecule has 4 rings (SSSR count). The van der Waals surface area contributed by atoms with E-state index in [0.29, 0.717) is 34.7 Å². The zero-order chi connectivity index (χ0) is 22.3. The normalized spacial score (nSPS) is 14.2. The van der Waals surface area contributed by atoms with E-state index in [2.05, 4.69) is 46.9 Å². The van der Waals surface area contributed by atoms with Crippen LogP contribution >= 0.6 is 0 Å². The number of rotatable bonds is 4. The summed E-state index contributed by atoms with van der Waals surface area (Å²) in [5.41, 5.74) is 10.6. The van der Waals surface area contributed by atoms with Crippen molar-refractivity contribution in [2.24, 2.45) is 4.99 Å². The summed E-state index contributed by atoms with van der Waals surface area (Å²) < 4.78 is 7.31. The third-order valence-corrected chi connectivity index (χ3v) is 5.31. The number of hydrogen-bond donors (Lipinski definition) is 2. The number of hydrogen-bond acceptors (Lipinski definition) is 7. The molecule has 4 heterocycles. The first kappa shape index (κ1) is 20.8. The molecule has 0 radical (unpaired) electrons. The summed E-state index contributed by atoms with van der Waals surface area (Å²) in [6.07, 6.45) is 4.83. The molecule has 3 aromatic heterocycles. The molecule has 9 nitrogen and oxygen atoms in total. The average molecular weight is 422 g/mol. The molecular formula is C22H27N7O2. The predicted molar refractivity (Wildman–Crippen MR) is 122 cm³/mol. The van der Waals surface area contributed by atoms with E-state index in [1.165, 1.54) is 5.57 Å². The number of pyridine rings is 1. The number of dihydropyridines is 1. The number of fused-ring (bicyclic) bond motifs is 1. The monoisotopic (exact) mass is 421 g/mol. The molecule has 0 fully saturated rings. The van der Waals surface area contributed by atoms with Crippen LogP contribution in [0.3, 0.4) is 0 Å². The molecule has 0 bridgehead atoms. The molecule has 0 saturated heterocycles. The molecule has 9 heteroatoms. The van der Waals surface area contributed by atoms with Crippen LogP contribution in [0.5, 0.6) is 5.75 Å². The van der Waals surface area contributed by atoms with E-state index in [9.17, 15) is 4.79 Å². The maximum Gasteiger partial charge on any atom is 0.278 e. The number of anilines is 1. The summed E-state index contributed by atoms with van der Waals surface area (Å²) in [5.74, 6) is 0.715. The number of aromatic amines is 1. The molecule has 0 atom stereocenters. The summed E-state index contributed by atoms with van der Waals surface area (Å²) in [7, 11) is 1.62. The number of nitrogens with two attached hydrogens (primary N) is 1. The van der Waals surface area contributed by atoms with E-state index >= 15 is 0 Å². The van der Waals surface area contributed by atoms with Crippen LogP contribution in [0, 0.1) is 6.92 Å². The van der Waals surface area contributed by atoms with Gasteiger partial charge in [0.25, 0.3) is 5.56 Å². The molecule has 31 heavy (non-hydrogen) atoms. The molecule has 0 aliphatic carbocycles. The summed E-state index contributed by atoms with van der Waals surface area (Å²) >= 11 is 0. The standard InChI is InChI=1S/C22H27N7O2/c1-12-17-18(20(30)27-21(23)26-17)29(28-12)11-15-16(31-5)10-14(13-6-8-24-9-7-13)19(25-15)22(2,3)4/h6,9-10H,7-8,11H2,1-5H3,(H3,23,26,27,30). The first-order valence-electron chi connectivity index (χ1n) is 10.2. The van der Waals surface area contributed by atoms with Gasteiger partial charge in [0.15, 0.2) is 5.52 Å². The van der Waals surface area contributed by atoms with E-state index in [1.807, 2.05) is 12.3 Å². The molecule has 0 amide bonds. The van der Waals surface area contributed by atoms with Crippen LogP contribution in [0.4, 0.5) is 5.95 Å². The molecule has 0 saturated carbocycles. The molecule has 1 aliphatic heterocycles. The first-order valence-corrected chi connectivity index (χ1v) is 10.2. The van der Waals surface area contributed by atoms with E-state index < -0.39 is 0 Å². The van der Waals surface area contributed by atoms with E-state index in [-0.39, 0.29) is 23.5 Å². The van der Waals surface area contributed by atoms with Crippen LogP contribution in [-0.2, 0) is 12.0 Å². The van der Waals surface area contributed by atoms with Crippen molar-refractivity contribution in [3.63, 3.8) is 0 Å². The average Bonchev–Trinajstić information content (AvgIpc) is 3.03. The minimum absolute atomic E-state index is 0.0690.